The third kappa shape index (κ3) is 4.09. The summed E-state index contributed by atoms with van der Waals surface area (Å²) in [5.41, 5.74) is 2.04. The Morgan fingerprint density at radius 3 is 2.67 bits per heavy atom. The molecule has 1 atom stereocenters. The number of nitrogens with one attached hydrogen (secondary N) is 1. The summed E-state index contributed by atoms with van der Waals surface area (Å²) in [6.07, 6.45) is 0. The molecule has 0 saturated heterocycles. The summed E-state index contributed by atoms with van der Waals surface area (Å²) in [6.45, 7) is 8.37. The Hall–Kier alpha value is -2.12. The quantitative estimate of drug-likeness (QED) is 0.500. The van der Waals surface area contributed by atoms with E-state index in [4.69, 9.17) is 0 Å². The van der Waals surface area contributed by atoms with Crippen LogP contribution in [0.2, 0.25) is 0 Å². The fourth-order valence-electron chi connectivity index (χ4n) is 2.94. The van der Waals surface area contributed by atoms with E-state index in [1.807, 2.05) is 58.0 Å². The number of aromatic nitrogens is 2. The smallest absolute Gasteiger partial charge is 0.263 e. The zero-order chi connectivity index (χ0) is 19.6. The second-order valence-electron chi connectivity index (χ2n) is 6.40. The molecular formula is C20H23N3O2S2. The first-order chi connectivity index (χ1) is 12.9. The maximum Gasteiger partial charge on any atom is 0.263 e. The van der Waals surface area contributed by atoms with Crippen LogP contribution in [0.5, 0.6) is 0 Å². The summed E-state index contributed by atoms with van der Waals surface area (Å²) in [4.78, 5) is 31.7. The number of amides is 1. The van der Waals surface area contributed by atoms with E-state index < -0.39 is 0 Å². The number of fused-ring (bicyclic) bond motifs is 1. The molecule has 142 valence electrons. The lowest BCUT2D eigenvalue weighted by molar-refractivity contribution is -0.119. The predicted octanol–water partition coefficient (Wildman–Crippen LogP) is 4.06. The van der Waals surface area contributed by atoms with E-state index in [1.54, 1.807) is 4.57 Å². The van der Waals surface area contributed by atoms with E-state index in [2.05, 4.69) is 10.3 Å². The van der Waals surface area contributed by atoms with Crippen LogP contribution in [0.3, 0.4) is 0 Å². The number of carbonyl (C=O) groups excluding carboxylic acids is 1. The molecule has 5 nitrogen and oxygen atoms in total. The van der Waals surface area contributed by atoms with Gasteiger partial charge < -0.3 is 5.32 Å². The molecule has 0 aliphatic rings. The van der Waals surface area contributed by atoms with Crippen LogP contribution < -0.4 is 10.9 Å². The normalized spacial score (nSPS) is 12.3. The van der Waals surface area contributed by atoms with Crippen LogP contribution in [0, 0.1) is 13.8 Å². The Balaban J connectivity index is 1.76. The Labute approximate surface area is 166 Å². The van der Waals surface area contributed by atoms with Crippen LogP contribution in [-0.4, -0.2) is 21.2 Å². The van der Waals surface area contributed by atoms with Gasteiger partial charge in [0.1, 0.15) is 4.83 Å². The largest absolute Gasteiger partial charge is 0.349 e. The van der Waals surface area contributed by atoms with Gasteiger partial charge in [0.05, 0.1) is 17.2 Å². The fourth-order valence-corrected chi connectivity index (χ4v) is 4.88. The molecule has 0 fully saturated rings. The molecule has 2 aromatic heterocycles. The van der Waals surface area contributed by atoms with E-state index in [0.29, 0.717) is 17.1 Å². The van der Waals surface area contributed by atoms with Crippen molar-refractivity contribution in [2.75, 3.05) is 5.75 Å². The maximum absolute atomic E-state index is 12.8. The first-order valence-electron chi connectivity index (χ1n) is 8.90. The van der Waals surface area contributed by atoms with Gasteiger partial charge in [-0.1, -0.05) is 42.1 Å². The van der Waals surface area contributed by atoms with E-state index in [0.717, 1.165) is 20.8 Å². The van der Waals surface area contributed by atoms with Crippen molar-refractivity contribution in [3.63, 3.8) is 0 Å². The summed E-state index contributed by atoms with van der Waals surface area (Å²) in [5, 5.41) is 4.29. The average Bonchev–Trinajstić information content (AvgIpc) is 2.95. The van der Waals surface area contributed by atoms with Crippen molar-refractivity contribution in [2.24, 2.45) is 0 Å². The number of nitrogens with zero attached hydrogens (tertiary/aromatic N) is 2. The number of thioether (sulfide) groups is 1. The van der Waals surface area contributed by atoms with E-state index >= 15 is 0 Å². The van der Waals surface area contributed by atoms with E-state index in [-0.39, 0.29) is 23.3 Å². The molecular weight excluding hydrogens is 378 g/mol. The van der Waals surface area contributed by atoms with Gasteiger partial charge in [-0.15, -0.1) is 11.3 Å². The van der Waals surface area contributed by atoms with Crippen LogP contribution >= 0.6 is 23.1 Å². The number of carbonyl (C=O) groups is 1. The van der Waals surface area contributed by atoms with Gasteiger partial charge in [-0.05, 0) is 38.8 Å². The van der Waals surface area contributed by atoms with Gasteiger partial charge in [-0.3, -0.25) is 14.2 Å². The predicted molar refractivity (Wildman–Crippen MR) is 113 cm³/mol. The van der Waals surface area contributed by atoms with Gasteiger partial charge in [0.15, 0.2) is 5.16 Å². The Morgan fingerprint density at radius 1 is 1.30 bits per heavy atom. The van der Waals surface area contributed by atoms with Gasteiger partial charge in [0.2, 0.25) is 5.91 Å². The van der Waals surface area contributed by atoms with E-state index in [1.165, 1.54) is 23.1 Å². The van der Waals surface area contributed by atoms with Crippen LogP contribution in [0.25, 0.3) is 10.2 Å². The zero-order valence-corrected chi connectivity index (χ0v) is 17.5. The van der Waals surface area contributed by atoms with Gasteiger partial charge in [-0.2, -0.15) is 0 Å². The zero-order valence-electron chi connectivity index (χ0n) is 15.9. The Kier molecular flexibility index (Phi) is 6.01. The molecule has 1 amide bonds. The topological polar surface area (TPSA) is 64.0 Å². The molecule has 27 heavy (non-hydrogen) atoms. The van der Waals surface area contributed by atoms with Crippen molar-refractivity contribution in [2.45, 2.75) is 45.4 Å². The highest BCUT2D eigenvalue weighted by Gasteiger charge is 2.17. The van der Waals surface area contributed by atoms with Crippen LogP contribution in [-0.2, 0) is 11.3 Å². The summed E-state index contributed by atoms with van der Waals surface area (Å²) < 4.78 is 1.65. The van der Waals surface area contributed by atoms with E-state index in [9.17, 15) is 9.59 Å². The molecule has 0 radical (unpaired) electrons. The third-order valence-corrected chi connectivity index (χ3v) is 6.66. The Morgan fingerprint density at radius 2 is 2.00 bits per heavy atom. The highest BCUT2D eigenvalue weighted by molar-refractivity contribution is 7.99. The molecule has 7 heteroatoms. The minimum atomic E-state index is -0.0770. The summed E-state index contributed by atoms with van der Waals surface area (Å²) in [7, 11) is 0. The van der Waals surface area contributed by atoms with Crippen molar-refractivity contribution in [1.82, 2.24) is 14.9 Å². The second kappa shape index (κ2) is 8.27. The van der Waals surface area contributed by atoms with Crippen molar-refractivity contribution >= 4 is 39.2 Å². The SMILES string of the molecule is CCn1c(SCC(=O)N[C@H](C)c2ccccc2)nc2sc(C)c(C)c2c1=O. The number of thiophene rings is 1. The van der Waals surface area contributed by atoms with Gasteiger partial charge >= 0.3 is 0 Å². The monoisotopic (exact) mass is 401 g/mol. The highest BCUT2D eigenvalue weighted by Crippen LogP contribution is 2.28. The van der Waals surface area contributed by atoms with Gasteiger partial charge in [0.25, 0.3) is 5.56 Å². The number of hydrogen-bond acceptors (Lipinski definition) is 5. The molecule has 0 aliphatic carbocycles. The molecule has 0 bridgehead atoms. The third-order valence-electron chi connectivity index (χ3n) is 4.58. The molecule has 2 heterocycles. The molecule has 3 rings (SSSR count). The van der Waals surface area contributed by atoms with Crippen molar-refractivity contribution in [3.05, 3.63) is 56.7 Å². The molecule has 1 N–H and O–H groups in total. The van der Waals surface area contributed by atoms with Crippen LogP contribution in [0.15, 0.2) is 40.3 Å². The van der Waals surface area contributed by atoms with Crippen molar-refractivity contribution in [1.29, 1.82) is 0 Å². The number of rotatable bonds is 6. The molecule has 1 aromatic carbocycles. The number of aryl methyl sites for hydroxylation is 2. The lowest BCUT2D eigenvalue weighted by Crippen LogP contribution is -2.29. The molecule has 3 aromatic rings. The van der Waals surface area contributed by atoms with Crippen LogP contribution in [0.1, 0.15) is 35.9 Å². The maximum atomic E-state index is 12.8. The molecule has 0 saturated carbocycles. The average molecular weight is 402 g/mol. The summed E-state index contributed by atoms with van der Waals surface area (Å²) in [6, 6.07) is 9.78. The van der Waals surface area contributed by atoms with Crippen molar-refractivity contribution in [3.8, 4) is 0 Å². The molecule has 0 unspecified atom stereocenters. The standard InChI is InChI=1S/C20H23N3O2S2/c1-5-23-19(25)17-12(2)14(4)27-18(17)22-20(23)26-11-16(24)21-13(3)15-9-7-6-8-10-15/h6-10,13H,5,11H2,1-4H3,(H,21,24)/t13-/m1/s1. The van der Waals surface area contributed by atoms with Crippen LogP contribution in [0.4, 0.5) is 0 Å². The lowest BCUT2D eigenvalue weighted by Gasteiger charge is -2.14. The number of benzene rings is 1. The minimum absolute atomic E-state index is 0.0232. The Bertz CT molecular complexity index is 1030. The summed E-state index contributed by atoms with van der Waals surface area (Å²) in [5.74, 6) is 0.144. The van der Waals surface area contributed by atoms with Gasteiger partial charge in [0, 0.05) is 11.4 Å². The second-order valence-corrected chi connectivity index (χ2v) is 8.54. The highest BCUT2D eigenvalue weighted by atomic mass is 32.2. The summed E-state index contributed by atoms with van der Waals surface area (Å²) >= 11 is 2.84. The molecule has 0 spiro atoms. The van der Waals surface area contributed by atoms with Gasteiger partial charge in [-0.25, -0.2) is 4.98 Å². The minimum Gasteiger partial charge on any atom is -0.349 e. The first kappa shape index (κ1) is 19.6. The fraction of sp³-hybridized carbons (Fsp3) is 0.350. The number of hydrogen-bond donors (Lipinski definition) is 1. The van der Waals surface area contributed by atoms with Crippen molar-refractivity contribution < 1.29 is 4.79 Å². The molecule has 0 aliphatic heterocycles. The first-order valence-corrected chi connectivity index (χ1v) is 10.7. The lowest BCUT2D eigenvalue weighted by atomic mass is 10.1.